The van der Waals surface area contributed by atoms with Gasteiger partial charge in [0.05, 0.1) is 5.75 Å². The number of benzene rings is 2. The molecule has 162 valence electrons. The van der Waals surface area contributed by atoms with E-state index in [9.17, 15) is 4.79 Å². The van der Waals surface area contributed by atoms with Crippen molar-refractivity contribution in [2.24, 2.45) is 0 Å². The molecule has 4 rings (SSSR count). The molecule has 4 aromatic rings. The number of hydrogen-bond donors (Lipinski definition) is 1. The van der Waals surface area contributed by atoms with Crippen LogP contribution in [0.3, 0.4) is 0 Å². The van der Waals surface area contributed by atoms with E-state index in [1.165, 1.54) is 17.3 Å². The fraction of sp³-hybridized carbons (Fsp3) is 0.130. The number of aromatic nitrogens is 4. The Labute approximate surface area is 200 Å². The van der Waals surface area contributed by atoms with Crippen LogP contribution < -0.4 is 5.32 Å². The first-order valence-corrected chi connectivity index (χ1v) is 11.6. The maximum Gasteiger partial charge on any atom is 0.234 e. The molecule has 2 aromatic carbocycles. The van der Waals surface area contributed by atoms with Gasteiger partial charge in [0.25, 0.3) is 0 Å². The van der Waals surface area contributed by atoms with E-state index in [-0.39, 0.29) is 11.7 Å². The monoisotopic (exact) mass is 483 g/mol. The van der Waals surface area contributed by atoms with Gasteiger partial charge >= 0.3 is 0 Å². The van der Waals surface area contributed by atoms with Crippen molar-refractivity contribution in [3.8, 4) is 17.1 Å². The van der Waals surface area contributed by atoms with Crippen molar-refractivity contribution in [2.45, 2.75) is 18.5 Å². The van der Waals surface area contributed by atoms with E-state index >= 15 is 0 Å². The van der Waals surface area contributed by atoms with Gasteiger partial charge < -0.3 is 5.32 Å². The maximum atomic E-state index is 12.5. The van der Waals surface area contributed by atoms with Crippen LogP contribution in [0.15, 0.2) is 72.1 Å². The average molecular weight is 484 g/mol. The molecule has 0 aliphatic rings. The van der Waals surface area contributed by atoms with Crippen LogP contribution in [-0.4, -0.2) is 31.4 Å². The summed E-state index contributed by atoms with van der Waals surface area (Å²) in [6.45, 7) is 2.11. The Morgan fingerprint density at radius 1 is 1.00 bits per heavy atom. The molecule has 32 heavy (non-hydrogen) atoms. The van der Waals surface area contributed by atoms with Crippen molar-refractivity contribution in [3.05, 3.63) is 82.6 Å². The van der Waals surface area contributed by atoms with Crippen LogP contribution in [0.1, 0.15) is 12.5 Å². The van der Waals surface area contributed by atoms with Crippen molar-refractivity contribution in [2.75, 3.05) is 11.1 Å². The van der Waals surface area contributed by atoms with Gasteiger partial charge in [-0.1, -0.05) is 54.0 Å². The number of nitrogens with one attached hydrogen (secondary N) is 1. The molecule has 1 amide bonds. The number of carbonyl (C=O) groups excluding carboxylic acids is 1. The minimum atomic E-state index is -0.199. The minimum Gasteiger partial charge on any atom is -0.325 e. The lowest BCUT2D eigenvalue weighted by Gasteiger charge is -2.11. The Kier molecular flexibility index (Phi) is 7.09. The van der Waals surface area contributed by atoms with Crippen LogP contribution in [0, 0.1) is 0 Å². The van der Waals surface area contributed by atoms with Crippen molar-refractivity contribution < 1.29 is 4.79 Å². The highest BCUT2D eigenvalue weighted by Gasteiger charge is 2.17. The lowest BCUT2D eigenvalue weighted by atomic mass is 10.1. The Hall–Kier alpha value is -2.87. The molecule has 9 heteroatoms. The van der Waals surface area contributed by atoms with Gasteiger partial charge in [-0.2, -0.15) is 0 Å². The van der Waals surface area contributed by atoms with E-state index in [1.807, 2.05) is 28.8 Å². The summed E-state index contributed by atoms with van der Waals surface area (Å²) in [5, 5.41) is 13.1. The molecular weight excluding hydrogens is 465 g/mol. The van der Waals surface area contributed by atoms with Crippen LogP contribution in [0.2, 0.25) is 10.0 Å². The molecule has 6 nitrogen and oxygen atoms in total. The number of halogens is 2. The van der Waals surface area contributed by atoms with Gasteiger partial charge in [0.15, 0.2) is 11.0 Å². The topological polar surface area (TPSA) is 72.7 Å². The third-order valence-electron chi connectivity index (χ3n) is 4.65. The molecule has 0 atom stereocenters. The largest absolute Gasteiger partial charge is 0.325 e. The lowest BCUT2D eigenvalue weighted by molar-refractivity contribution is -0.113. The summed E-state index contributed by atoms with van der Waals surface area (Å²) in [6.07, 6.45) is 4.38. The minimum absolute atomic E-state index is 0.144. The van der Waals surface area contributed by atoms with Crippen molar-refractivity contribution in [1.82, 2.24) is 19.7 Å². The third-order valence-corrected chi connectivity index (χ3v) is 6.02. The Balaban J connectivity index is 1.59. The van der Waals surface area contributed by atoms with Crippen LogP contribution in [0.4, 0.5) is 5.69 Å². The summed E-state index contributed by atoms with van der Waals surface area (Å²) in [4.78, 5) is 16.6. The summed E-state index contributed by atoms with van der Waals surface area (Å²) in [5.74, 6) is 0.627. The number of pyridine rings is 1. The molecule has 0 unspecified atom stereocenters. The van der Waals surface area contributed by atoms with E-state index in [4.69, 9.17) is 23.2 Å². The zero-order valence-corrected chi connectivity index (χ0v) is 19.5. The molecule has 0 fully saturated rings. The van der Waals surface area contributed by atoms with Crippen molar-refractivity contribution in [1.29, 1.82) is 0 Å². The van der Waals surface area contributed by atoms with Crippen LogP contribution in [0.5, 0.6) is 0 Å². The molecule has 2 aromatic heterocycles. The second kappa shape index (κ2) is 10.2. The molecule has 0 spiro atoms. The van der Waals surface area contributed by atoms with Gasteiger partial charge in [0.2, 0.25) is 5.91 Å². The number of nitrogens with zero attached hydrogens (tertiary/aromatic N) is 4. The number of hydrogen-bond acceptors (Lipinski definition) is 5. The zero-order chi connectivity index (χ0) is 22.5. The number of aryl methyl sites for hydroxylation is 1. The summed E-state index contributed by atoms with van der Waals surface area (Å²) < 4.78 is 1.95. The molecule has 0 aliphatic carbocycles. The highest BCUT2D eigenvalue weighted by atomic mass is 35.5. The fourth-order valence-corrected chi connectivity index (χ4v) is 4.40. The third kappa shape index (κ3) is 5.30. The van der Waals surface area contributed by atoms with Gasteiger partial charge in [0, 0.05) is 39.4 Å². The average Bonchev–Trinajstić information content (AvgIpc) is 3.21. The molecular formula is C23H19Cl2N5OS. The van der Waals surface area contributed by atoms with Crippen LogP contribution >= 0.6 is 35.0 Å². The second-order valence-corrected chi connectivity index (χ2v) is 8.71. The predicted octanol–water partition coefficient (Wildman–Crippen LogP) is 5.93. The predicted molar refractivity (Wildman–Crippen MR) is 130 cm³/mol. The summed E-state index contributed by atoms with van der Waals surface area (Å²) >= 11 is 13.3. The van der Waals surface area contributed by atoms with Crippen molar-refractivity contribution in [3.63, 3.8) is 0 Å². The van der Waals surface area contributed by atoms with E-state index in [0.29, 0.717) is 26.7 Å². The quantitative estimate of drug-likeness (QED) is 0.329. The van der Waals surface area contributed by atoms with E-state index in [1.54, 1.807) is 30.6 Å². The Bertz CT molecular complexity index is 1210. The molecule has 1 N–H and O–H groups in total. The molecule has 0 radical (unpaired) electrons. The molecule has 2 heterocycles. The summed E-state index contributed by atoms with van der Waals surface area (Å²) in [7, 11) is 0. The van der Waals surface area contributed by atoms with Gasteiger partial charge in [-0.15, -0.1) is 10.2 Å². The summed E-state index contributed by atoms with van der Waals surface area (Å²) in [5.41, 5.74) is 3.59. The maximum absolute atomic E-state index is 12.5. The first-order chi connectivity index (χ1) is 15.5. The number of rotatable bonds is 7. The number of amides is 1. The molecule has 0 bridgehead atoms. The highest BCUT2D eigenvalue weighted by Crippen LogP contribution is 2.28. The first-order valence-electron chi connectivity index (χ1n) is 9.87. The van der Waals surface area contributed by atoms with E-state index in [2.05, 4.69) is 39.6 Å². The first kappa shape index (κ1) is 22.3. The Morgan fingerprint density at radius 3 is 2.34 bits per heavy atom. The fourth-order valence-electron chi connectivity index (χ4n) is 3.12. The summed E-state index contributed by atoms with van der Waals surface area (Å²) in [6, 6.07) is 16.9. The number of carbonyl (C=O) groups is 1. The molecule has 0 aliphatic heterocycles. The van der Waals surface area contributed by atoms with Gasteiger partial charge in [0.1, 0.15) is 0 Å². The highest BCUT2D eigenvalue weighted by molar-refractivity contribution is 7.99. The van der Waals surface area contributed by atoms with Gasteiger partial charge in [-0.25, -0.2) is 0 Å². The van der Waals surface area contributed by atoms with Crippen LogP contribution in [-0.2, 0) is 11.2 Å². The number of thioether (sulfide) groups is 1. The van der Waals surface area contributed by atoms with Gasteiger partial charge in [-0.3, -0.25) is 14.3 Å². The van der Waals surface area contributed by atoms with Crippen LogP contribution in [0.25, 0.3) is 17.1 Å². The SMILES string of the molecule is CCc1ccc(-n2c(SCC(=O)Nc3cc(Cl)cc(Cl)c3)nnc2-c2ccncc2)cc1. The molecule has 0 saturated heterocycles. The van der Waals surface area contributed by atoms with Crippen molar-refractivity contribution >= 4 is 46.6 Å². The second-order valence-electron chi connectivity index (χ2n) is 6.89. The molecule has 0 saturated carbocycles. The Morgan fingerprint density at radius 2 is 1.69 bits per heavy atom. The normalized spacial score (nSPS) is 10.8. The van der Waals surface area contributed by atoms with E-state index < -0.39 is 0 Å². The lowest BCUT2D eigenvalue weighted by Crippen LogP contribution is -2.14. The number of anilines is 1. The zero-order valence-electron chi connectivity index (χ0n) is 17.1. The van der Waals surface area contributed by atoms with Gasteiger partial charge in [-0.05, 0) is 54.4 Å². The van der Waals surface area contributed by atoms with E-state index in [0.717, 1.165) is 17.7 Å². The smallest absolute Gasteiger partial charge is 0.234 e. The standard InChI is InChI=1S/C23H19Cl2N5OS/c1-2-15-3-5-20(6-4-15)30-22(16-7-9-26-10-8-16)28-29-23(30)32-14-21(31)27-19-12-17(24)11-18(25)13-19/h3-13H,2,14H2,1H3,(H,27,31).